The van der Waals surface area contributed by atoms with Gasteiger partial charge in [-0.15, -0.1) is 0 Å². The molecule has 3 aromatic carbocycles. The van der Waals surface area contributed by atoms with Crippen LogP contribution < -0.4 is 24.3 Å². The minimum absolute atomic E-state index is 0.0644. The normalized spacial score (nSPS) is 13.7. The summed E-state index contributed by atoms with van der Waals surface area (Å²) in [5.74, 6) is 1.10. The van der Waals surface area contributed by atoms with Crippen molar-refractivity contribution in [2.45, 2.75) is 46.1 Å². The Hall–Kier alpha value is -4.38. The SMILES string of the molecule is Cc1cnc(COc2cc(OCc3cccc(-c4ccc5c(c4)OCCO5)c3C)c(Cl)cc2CN[C@@](C)(CO)C(=O)O)cn1. The predicted molar refractivity (Wildman–Crippen MR) is 164 cm³/mol. The van der Waals surface area contributed by atoms with Gasteiger partial charge < -0.3 is 29.2 Å². The van der Waals surface area contributed by atoms with Gasteiger partial charge in [-0.3, -0.25) is 20.1 Å². The molecule has 4 aromatic rings. The Kier molecular flexibility index (Phi) is 9.53. The topological polar surface area (TPSA) is 132 Å². The summed E-state index contributed by atoms with van der Waals surface area (Å²) in [7, 11) is 0. The van der Waals surface area contributed by atoms with Crippen LogP contribution in [0.1, 0.15) is 35.0 Å². The average Bonchev–Trinajstić information content (AvgIpc) is 3.03. The van der Waals surface area contributed by atoms with Crippen LogP contribution in [0.2, 0.25) is 5.02 Å². The molecule has 10 nitrogen and oxygen atoms in total. The van der Waals surface area contributed by atoms with E-state index >= 15 is 0 Å². The van der Waals surface area contributed by atoms with Crippen molar-refractivity contribution in [1.29, 1.82) is 0 Å². The minimum Gasteiger partial charge on any atom is -0.487 e. The second kappa shape index (κ2) is 13.5. The smallest absolute Gasteiger partial charge is 0.326 e. The number of rotatable bonds is 12. The number of hydrogen-bond donors (Lipinski definition) is 3. The maximum Gasteiger partial charge on any atom is 0.326 e. The van der Waals surface area contributed by atoms with Gasteiger partial charge in [0, 0.05) is 24.4 Å². The van der Waals surface area contributed by atoms with E-state index in [9.17, 15) is 15.0 Å². The second-order valence-electron chi connectivity index (χ2n) is 10.7. The number of nitrogens with zero attached hydrogens (tertiary/aromatic N) is 2. The Morgan fingerprint density at radius 3 is 2.48 bits per heavy atom. The predicted octanol–water partition coefficient (Wildman–Crippen LogP) is 5.27. The van der Waals surface area contributed by atoms with Crippen molar-refractivity contribution in [3.05, 3.63) is 94.0 Å². The number of aliphatic hydroxyl groups is 1. The van der Waals surface area contributed by atoms with Gasteiger partial charge in [-0.2, -0.15) is 0 Å². The van der Waals surface area contributed by atoms with Crippen LogP contribution in [0.5, 0.6) is 23.0 Å². The van der Waals surface area contributed by atoms with Crippen LogP contribution in [-0.4, -0.2) is 51.5 Å². The van der Waals surface area contributed by atoms with Gasteiger partial charge in [0.2, 0.25) is 0 Å². The van der Waals surface area contributed by atoms with Crippen LogP contribution in [0.3, 0.4) is 0 Å². The van der Waals surface area contributed by atoms with Crippen molar-refractivity contribution in [2.75, 3.05) is 19.8 Å². The molecule has 1 aliphatic heterocycles. The molecule has 0 bridgehead atoms. The molecule has 230 valence electrons. The number of ether oxygens (including phenoxy) is 4. The molecule has 0 fully saturated rings. The quantitative estimate of drug-likeness (QED) is 0.193. The number of carboxylic acids is 1. The number of halogens is 1. The second-order valence-corrected chi connectivity index (χ2v) is 11.1. The molecule has 0 spiro atoms. The molecular formula is C33H34ClN3O7. The fraction of sp³-hybridized carbons (Fsp3) is 0.303. The van der Waals surface area contributed by atoms with E-state index in [2.05, 4.69) is 21.4 Å². The van der Waals surface area contributed by atoms with Gasteiger partial charge in [0.25, 0.3) is 0 Å². The molecule has 44 heavy (non-hydrogen) atoms. The molecule has 0 aliphatic carbocycles. The Bertz CT molecular complexity index is 1650. The molecule has 3 N–H and O–H groups in total. The maximum absolute atomic E-state index is 11.7. The van der Waals surface area contributed by atoms with Gasteiger partial charge in [-0.05, 0) is 61.2 Å². The number of benzene rings is 3. The molecular weight excluding hydrogens is 586 g/mol. The lowest BCUT2D eigenvalue weighted by Gasteiger charge is -2.25. The lowest BCUT2D eigenvalue weighted by Crippen LogP contribution is -2.52. The molecule has 0 saturated carbocycles. The third kappa shape index (κ3) is 7.05. The maximum atomic E-state index is 11.7. The van der Waals surface area contributed by atoms with Crippen LogP contribution in [0, 0.1) is 13.8 Å². The highest BCUT2D eigenvalue weighted by Gasteiger charge is 2.32. The summed E-state index contributed by atoms with van der Waals surface area (Å²) in [5, 5.41) is 22.5. The lowest BCUT2D eigenvalue weighted by atomic mass is 9.96. The number of hydrogen-bond acceptors (Lipinski definition) is 9. The monoisotopic (exact) mass is 619 g/mol. The largest absolute Gasteiger partial charge is 0.487 e. The number of aliphatic hydroxyl groups excluding tert-OH is 1. The zero-order valence-electron chi connectivity index (χ0n) is 24.7. The first-order valence-corrected chi connectivity index (χ1v) is 14.5. The summed E-state index contributed by atoms with van der Waals surface area (Å²) in [4.78, 5) is 20.3. The van der Waals surface area contributed by atoms with Crippen LogP contribution in [0.15, 0.2) is 60.9 Å². The zero-order valence-corrected chi connectivity index (χ0v) is 25.5. The van der Waals surface area contributed by atoms with E-state index in [1.165, 1.54) is 6.92 Å². The summed E-state index contributed by atoms with van der Waals surface area (Å²) >= 11 is 6.66. The molecule has 0 amide bonds. The molecule has 11 heteroatoms. The van der Waals surface area contributed by atoms with Gasteiger partial charge >= 0.3 is 5.97 Å². The standard InChI is InChI=1S/C33H34ClN3O7/c1-20-14-36-25(16-35-20)18-44-29-13-30(27(34)11-24(29)15-37-33(3,19-38)32(39)40)43-17-23-5-4-6-26(21(23)2)22-7-8-28-31(12-22)42-10-9-41-28/h4-8,11-14,16,37-38H,9-10,15,17-19H2,1-3H3,(H,39,40)/t33-/m0/s1. The van der Waals surface area contributed by atoms with Gasteiger partial charge in [0.1, 0.15) is 43.5 Å². The number of carboxylic acid groups (broad SMARTS) is 1. The molecule has 0 saturated heterocycles. The molecule has 5 rings (SSSR count). The van der Waals surface area contributed by atoms with Crippen molar-refractivity contribution in [3.63, 3.8) is 0 Å². The van der Waals surface area contributed by atoms with Gasteiger partial charge in [-0.25, -0.2) is 0 Å². The summed E-state index contributed by atoms with van der Waals surface area (Å²) < 4.78 is 23.8. The first-order chi connectivity index (χ1) is 21.2. The molecule has 2 heterocycles. The Morgan fingerprint density at radius 1 is 0.977 bits per heavy atom. The van der Waals surface area contributed by atoms with Crippen molar-refractivity contribution in [1.82, 2.24) is 15.3 Å². The molecule has 1 atom stereocenters. The van der Waals surface area contributed by atoms with Crippen molar-refractivity contribution >= 4 is 17.6 Å². The van der Waals surface area contributed by atoms with Crippen LogP contribution in [-0.2, 0) is 24.6 Å². The van der Waals surface area contributed by atoms with Crippen molar-refractivity contribution < 1.29 is 34.0 Å². The van der Waals surface area contributed by atoms with E-state index in [1.807, 2.05) is 44.2 Å². The number of nitrogens with one attached hydrogen (secondary N) is 1. The Balaban J connectivity index is 1.38. The third-order valence-electron chi connectivity index (χ3n) is 7.46. The fourth-order valence-corrected chi connectivity index (χ4v) is 4.85. The molecule has 1 aromatic heterocycles. The summed E-state index contributed by atoms with van der Waals surface area (Å²) in [5.41, 5.74) is 4.50. The van der Waals surface area contributed by atoms with Gasteiger partial charge in [0.05, 0.1) is 29.2 Å². The van der Waals surface area contributed by atoms with Crippen LogP contribution in [0.4, 0.5) is 0 Å². The highest BCUT2D eigenvalue weighted by Crippen LogP contribution is 2.37. The van der Waals surface area contributed by atoms with Crippen molar-refractivity contribution in [2.24, 2.45) is 0 Å². The van der Waals surface area contributed by atoms with E-state index < -0.39 is 18.1 Å². The minimum atomic E-state index is -1.55. The van der Waals surface area contributed by atoms with Gasteiger partial charge in [0.15, 0.2) is 11.5 Å². The Morgan fingerprint density at radius 2 is 1.75 bits per heavy atom. The first-order valence-electron chi connectivity index (χ1n) is 14.1. The zero-order chi connectivity index (χ0) is 31.3. The number of fused-ring (bicyclic) bond motifs is 1. The van der Waals surface area contributed by atoms with E-state index in [1.54, 1.807) is 24.5 Å². The Labute approximate surface area is 260 Å². The average molecular weight is 620 g/mol. The van der Waals surface area contributed by atoms with E-state index in [-0.39, 0.29) is 19.8 Å². The van der Waals surface area contributed by atoms with Crippen LogP contribution in [0.25, 0.3) is 11.1 Å². The summed E-state index contributed by atoms with van der Waals surface area (Å²) in [6.45, 7) is 6.17. The number of aryl methyl sites for hydroxylation is 1. The van der Waals surface area contributed by atoms with Gasteiger partial charge in [-0.1, -0.05) is 35.9 Å². The summed E-state index contributed by atoms with van der Waals surface area (Å²) in [6, 6.07) is 15.3. The van der Waals surface area contributed by atoms with Crippen LogP contribution >= 0.6 is 11.6 Å². The van der Waals surface area contributed by atoms with Crippen molar-refractivity contribution in [3.8, 4) is 34.1 Å². The summed E-state index contributed by atoms with van der Waals surface area (Å²) in [6.07, 6.45) is 3.28. The third-order valence-corrected chi connectivity index (χ3v) is 7.76. The van der Waals surface area contributed by atoms with E-state index in [4.69, 9.17) is 30.5 Å². The van der Waals surface area contributed by atoms with E-state index in [0.717, 1.165) is 39.4 Å². The molecule has 0 unspecified atom stereocenters. The first kappa shape index (κ1) is 31.1. The highest BCUT2D eigenvalue weighted by atomic mass is 35.5. The number of aromatic nitrogens is 2. The molecule has 1 aliphatic rings. The number of carbonyl (C=O) groups is 1. The molecule has 0 radical (unpaired) electrons. The highest BCUT2D eigenvalue weighted by molar-refractivity contribution is 6.32. The fourth-order valence-electron chi connectivity index (χ4n) is 4.61. The number of aliphatic carboxylic acids is 1. The lowest BCUT2D eigenvalue weighted by molar-refractivity contribution is -0.145. The van der Waals surface area contributed by atoms with E-state index in [0.29, 0.717) is 41.0 Å².